The van der Waals surface area contributed by atoms with Crippen molar-refractivity contribution in [1.82, 2.24) is 20.7 Å². The van der Waals surface area contributed by atoms with E-state index in [0.717, 1.165) is 30.7 Å². The Labute approximate surface area is 175 Å². The van der Waals surface area contributed by atoms with Crippen LogP contribution in [0.1, 0.15) is 38.5 Å². The van der Waals surface area contributed by atoms with Crippen molar-refractivity contribution in [2.24, 2.45) is 29.6 Å². The normalized spacial score (nSPS) is 39.6. The number of hydrazine groups is 1. The van der Waals surface area contributed by atoms with Crippen molar-refractivity contribution < 1.29 is 13.2 Å². The minimum atomic E-state index is -2.95. The summed E-state index contributed by atoms with van der Waals surface area (Å²) in [6, 6.07) is 1.33. The van der Waals surface area contributed by atoms with Crippen LogP contribution in [0.4, 0.5) is 0 Å². The largest absolute Gasteiger partial charge is 0.313 e. The van der Waals surface area contributed by atoms with Gasteiger partial charge in [-0.2, -0.15) is 0 Å². The molecule has 0 radical (unpaired) electrons. The van der Waals surface area contributed by atoms with E-state index in [2.05, 4.69) is 22.7 Å². The summed E-state index contributed by atoms with van der Waals surface area (Å²) in [5.41, 5.74) is 3.11. The van der Waals surface area contributed by atoms with Crippen molar-refractivity contribution in [3.8, 4) is 0 Å². The van der Waals surface area contributed by atoms with Crippen LogP contribution >= 0.6 is 0 Å². The number of piperidine rings is 1. The summed E-state index contributed by atoms with van der Waals surface area (Å²) in [5.74, 6) is 3.36. The molecule has 0 aromatic rings. The first-order valence-corrected chi connectivity index (χ1v) is 13.4. The third-order valence-corrected chi connectivity index (χ3v) is 9.17. The molecule has 4 rings (SSSR count). The molecular weight excluding hydrogens is 388 g/mol. The number of carbonyl (C=O) groups is 1. The molecule has 0 aromatic heterocycles. The van der Waals surface area contributed by atoms with Crippen molar-refractivity contribution in [3.05, 3.63) is 0 Å². The Kier molecular flexibility index (Phi) is 6.27. The fourth-order valence-electron chi connectivity index (χ4n) is 6.96. The first kappa shape index (κ1) is 21.5. The van der Waals surface area contributed by atoms with Gasteiger partial charge in [0.1, 0.15) is 9.84 Å². The number of nitrogens with one attached hydrogen (secondary N) is 2. The molecular formula is C21H38N4O3S. The zero-order valence-corrected chi connectivity index (χ0v) is 19.0. The topological polar surface area (TPSA) is 81.8 Å². The number of hydrogen-bond donors (Lipinski definition) is 2. The Balaban J connectivity index is 1.37. The SMILES string of the molecule is CN(NCCCS(C)(=O)=O)C(=O)[C@@H]1CC2C3CCCC4NCC(C[C@H]2N(C)C1)C43. The Bertz CT molecular complexity index is 715. The lowest BCUT2D eigenvalue weighted by Crippen LogP contribution is -2.59. The summed E-state index contributed by atoms with van der Waals surface area (Å²) >= 11 is 0. The zero-order valence-electron chi connectivity index (χ0n) is 18.1. The number of hydrogen-bond acceptors (Lipinski definition) is 6. The number of fused-ring (bicyclic) bond motifs is 2. The second kappa shape index (κ2) is 8.44. The molecule has 7 atom stereocenters. The predicted molar refractivity (Wildman–Crippen MR) is 114 cm³/mol. The fourth-order valence-corrected chi connectivity index (χ4v) is 7.63. The maximum absolute atomic E-state index is 13.1. The highest BCUT2D eigenvalue weighted by molar-refractivity contribution is 7.90. The molecule has 0 bridgehead atoms. The summed E-state index contributed by atoms with van der Waals surface area (Å²) in [5, 5.41) is 5.40. The molecule has 166 valence electrons. The molecule has 2 aliphatic carbocycles. The molecule has 5 unspecified atom stereocenters. The molecule has 29 heavy (non-hydrogen) atoms. The highest BCUT2D eigenvalue weighted by Gasteiger charge is 2.54. The average molecular weight is 427 g/mol. The van der Waals surface area contributed by atoms with E-state index in [-0.39, 0.29) is 17.6 Å². The number of likely N-dealkylation sites (tertiary alicyclic amines) is 1. The molecule has 2 N–H and O–H groups in total. The molecule has 4 aliphatic rings. The monoisotopic (exact) mass is 426 g/mol. The second-order valence-corrected chi connectivity index (χ2v) is 12.3. The van der Waals surface area contributed by atoms with Crippen LogP contribution in [0.15, 0.2) is 0 Å². The quantitative estimate of drug-likeness (QED) is 0.481. The molecule has 2 saturated heterocycles. The summed E-state index contributed by atoms with van der Waals surface area (Å²) in [4.78, 5) is 15.6. The van der Waals surface area contributed by atoms with Crippen LogP contribution in [0.2, 0.25) is 0 Å². The minimum absolute atomic E-state index is 0.0277. The predicted octanol–water partition coefficient (Wildman–Crippen LogP) is 0.729. The van der Waals surface area contributed by atoms with E-state index in [9.17, 15) is 13.2 Å². The van der Waals surface area contributed by atoms with E-state index in [4.69, 9.17) is 0 Å². The Morgan fingerprint density at radius 2 is 2.03 bits per heavy atom. The van der Waals surface area contributed by atoms with Gasteiger partial charge in [-0.1, -0.05) is 6.42 Å². The highest BCUT2D eigenvalue weighted by atomic mass is 32.2. The lowest BCUT2D eigenvalue weighted by atomic mass is 9.56. The lowest BCUT2D eigenvalue weighted by molar-refractivity contribution is -0.143. The molecule has 1 amide bonds. The number of amides is 1. The maximum atomic E-state index is 13.1. The summed E-state index contributed by atoms with van der Waals surface area (Å²) in [6.45, 7) is 2.52. The standard InChI is InChI=1S/C21H38N4O3S/c1-24-13-15(21(26)25(2)23-8-5-9-29(3,27)28)10-17-16-6-4-7-18-20(16)14(12-22-18)11-19(17)24/h14-20,22-23H,4-13H2,1-3H3/t14?,15-,16?,17?,18?,19-,20?/m1/s1. The maximum Gasteiger partial charge on any atom is 0.240 e. The summed E-state index contributed by atoms with van der Waals surface area (Å²) < 4.78 is 22.5. The Hall–Kier alpha value is -0.700. The summed E-state index contributed by atoms with van der Waals surface area (Å²) in [7, 11) is 1.04. The van der Waals surface area contributed by atoms with Gasteiger partial charge in [0.2, 0.25) is 5.91 Å². The minimum Gasteiger partial charge on any atom is -0.313 e. The number of sulfone groups is 1. The van der Waals surface area contributed by atoms with Crippen LogP contribution < -0.4 is 10.7 Å². The second-order valence-electron chi connectivity index (χ2n) is 10.1. The van der Waals surface area contributed by atoms with Gasteiger partial charge in [-0.3, -0.25) is 9.80 Å². The number of rotatable bonds is 6. The fraction of sp³-hybridized carbons (Fsp3) is 0.952. The Morgan fingerprint density at radius 1 is 1.24 bits per heavy atom. The Morgan fingerprint density at radius 3 is 2.79 bits per heavy atom. The first-order valence-electron chi connectivity index (χ1n) is 11.4. The van der Waals surface area contributed by atoms with Crippen molar-refractivity contribution in [2.75, 3.05) is 45.7 Å². The molecule has 2 aliphatic heterocycles. The third kappa shape index (κ3) is 4.50. The first-order chi connectivity index (χ1) is 13.7. The van der Waals surface area contributed by atoms with Gasteiger partial charge in [0.25, 0.3) is 0 Å². The van der Waals surface area contributed by atoms with Gasteiger partial charge in [-0.15, -0.1) is 0 Å². The van der Waals surface area contributed by atoms with Gasteiger partial charge in [0.05, 0.1) is 11.7 Å². The van der Waals surface area contributed by atoms with Crippen LogP contribution in [0.5, 0.6) is 0 Å². The summed E-state index contributed by atoms with van der Waals surface area (Å²) in [6.07, 6.45) is 8.03. The van der Waals surface area contributed by atoms with E-state index in [1.165, 1.54) is 38.5 Å². The van der Waals surface area contributed by atoms with Crippen molar-refractivity contribution in [2.45, 2.75) is 50.6 Å². The van der Waals surface area contributed by atoms with Crippen LogP contribution in [0.25, 0.3) is 0 Å². The average Bonchev–Trinajstić information content (AvgIpc) is 3.09. The van der Waals surface area contributed by atoms with Crippen molar-refractivity contribution in [1.29, 1.82) is 0 Å². The molecule has 4 fully saturated rings. The van der Waals surface area contributed by atoms with Crippen LogP contribution in [0.3, 0.4) is 0 Å². The molecule has 2 heterocycles. The number of carbonyl (C=O) groups excluding carboxylic acids is 1. The van der Waals surface area contributed by atoms with E-state index >= 15 is 0 Å². The van der Waals surface area contributed by atoms with E-state index in [0.29, 0.717) is 31.0 Å². The van der Waals surface area contributed by atoms with Crippen molar-refractivity contribution in [3.63, 3.8) is 0 Å². The molecule has 2 saturated carbocycles. The van der Waals surface area contributed by atoms with E-state index in [1.807, 2.05) is 0 Å². The van der Waals surface area contributed by atoms with Gasteiger partial charge < -0.3 is 10.2 Å². The van der Waals surface area contributed by atoms with Gasteiger partial charge in [-0.25, -0.2) is 13.8 Å². The van der Waals surface area contributed by atoms with Gasteiger partial charge in [0.15, 0.2) is 0 Å². The smallest absolute Gasteiger partial charge is 0.240 e. The molecule has 0 aromatic carbocycles. The third-order valence-electron chi connectivity index (χ3n) is 8.14. The lowest BCUT2D eigenvalue weighted by Gasteiger charge is -2.55. The van der Waals surface area contributed by atoms with Gasteiger partial charge in [-0.05, 0) is 69.4 Å². The van der Waals surface area contributed by atoms with E-state index in [1.54, 1.807) is 12.1 Å². The van der Waals surface area contributed by atoms with Crippen LogP contribution in [0, 0.1) is 29.6 Å². The zero-order chi connectivity index (χ0) is 20.8. The highest BCUT2D eigenvalue weighted by Crippen LogP contribution is 2.53. The van der Waals surface area contributed by atoms with Crippen LogP contribution in [-0.4, -0.2) is 82.1 Å². The number of nitrogens with zero attached hydrogens (tertiary/aromatic N) is 2. The van der Waals surface area contributed by atoms with Gasteiger partial charge >= 0.3 is 0 Å². The molecule has 7 nitrogen and oxygen atoms in total. The van der Waals surface area contributed by atoms with Gasteiger partial charge in [0, 0.05) is 38.5 Å². The van der Waals surface area contributed by atoms with E-state index < -0.39 is 9.84 Å². The van der Waals surface area contributed by atoms with Crippen molar-refractivity contribution >= 4 is 15.7 Å². The molecule has 8 heteroatoms. The van der Waals surface area contributed by atoms with Crippen LogP contribution in [-0.2, 0) is 14.6 Å². The molecule has 0 spiro atoms.